The molecule has 0 bridgehead atoms. The molecule has 0 spiro atoms. The van der Waals surface area contributed by atoms with Crippen LogP contribution in [0.5, 0.6) is 0 Å². The van der Waals surface area contributed by atoms with E-state index in [4.69, 9.17) is 9.26 Å². The minimum atomic E-state index is -0.641. The summed E-state index contributed by atoms with van der Waals surface area (Å²) in [5.74, 6) is -0.669. The predicted octanol–water partition coefficient (Wildman–Crippen LogP) is 4.25. The number of nitrogens with one attached hydrogen (secondary N) is 1. The summed E-state index contributed by atoms with van der Waals surface area (Å²) in [5.41, 5.74) is 3.60. The molecule has 1 heterocycles. The number of esters is 1. The first-order valence-electron chi connectivity index (χ1n) is 9.56. The van der Waals surface area contributed by atoms with E-state index in [0.29, 0.717) is 11.5 Å². The number of rotatable bonds is 7. The van der Waals surface area contributed by atoms with Gasteiger partial charge in [-0.05, 0) is 31.4 Å². The monoisotopic (exact) mass is 392 g/mol. The second-order valence-electron chi connectivity index (χ2n) is 6.79. The van der Waals surface area contributed by atoms with Gasteiger partial charge < -0.3 is 14.6 Å². The number of carbonyl (C=O) groups excluding carboxylic acids is 2. The van der Waals surface area contributed by atoms with Gasteiger partial charge in [-0.25, -0.2) is 4.79 Å². The normalized spacial score (nSPS) is 11.7. The lowest BCUT2D eigenvalue weighted by molar-refractivity contribution is -0.124. The van der Waals surface area contributed by atoms with Crippen molar-refractivity contribution in [2.24, 2.45) is 0 Å². The number of nitrogens with zero attached hydrogens (tertiary/aromatic N) is 1. The molecule has 0 aliphatic rings. The smallest absolute Gasteiger partial charge is 0.344 e. The van der Waals surface area contributed by atoms with Gasteiger partial charge in [0.1, 0.15) is 17.0 Å². The second-order valence-corrected chi connectivity index (χ2v) is 6.79. The number of benzene rings is 2. The highest BCUT2D eigenvalue weighted by molar-refractivity contribution is 5.98. The summed E-state index contributed by atoms with van der Waals surface area (Å²) in [4.78, 5) is 24.8. The summed E-state index contributed by atoms with van der Waals surface area (Å²) >= 11 is 0. The standard InChI is InChI=1S/C23H24N2O4/c1-4-17-10-12-18(13-11-17)15(2)24-20(26)14-28-23(27)21-16(3)29-25-22(21)19-8-6-5-7-9-19/h5-13,15H,4,14H2,1-3H3,(H,24,26)/t15-/m1/s1. The maximum Gasteiger partial charge on any atom is 0.344 e. The van der Waals surface area contributed by atoms with Crippen LogP contribution in [-0.4, -0.2) is 23.6 Å². The van der Waals surface area contributed by atoms with E-state index in [0.717, 1.165) is 17.5 Å². The second kappa shape index (κ2) is 9.19. The van der Waals surface area contributed by atoms with E-state index in [1.165, 1.54) is 5.56 Å². The van der Waals surface area contributed by atoms with Crippen LogP contribution < -0.4 is 5.32 Å². The minimum Gasteiger partial charge on any atom is -0.452 e. The van der Waals surface area contributed by atoms with Crippen LogP contribution in [0.15, 0.2) is 59.1 Å². The van der Waals surface area contributed by atoms with Crippen molar-refractivity contribution in [2.75, 3.05) is 6.61 Å². The third kappa shape index (κ3) is 4.90. The number of aromatic nitrogens is 1. The molecule has 0 unspecified atom stereocenters. The van der Waals surface area contributed by atoms with Crippen molar-refractivity contribution in [3.8, 4) is 11.3 Å². The van der Waals surface area contributed by atoms with Crippen LogP contribution in [-0.2, 0) is 16.0 Å². The van der Waals surface area contributed by atoms with Gasteiger partial charge in [0.25, 0.3) is 5.91 Å². The van der Waals surface area contributed by atoms with Crippen molar-refractivity contribution in [3.63, 3.8) is 0 Å². The number of amides is 1. The predicted molar refractivity (Wildman–Crippen MR) is 109 cm³/mol. The van der Waals surface area contributed by atoms with Crippen LogP contribution in [0.4, 0.5) is 0 Å². The maximum absolute atomic E-state index is 12.5. The zero-order valence-corrected chi connectivity index (χ0v) is 16.8. The van der Waals surface area contributed by atoms with Gasteiger partial charge in [-0.3, -0.25) is 4.79 Å². The molecule has 0 fully saturated rings. The summed E-state index contributed by atoms with van der Waals surface area (Å²) < 4.78 is 10.4. The Morgan fingerprint density at radius 2 is 1.79 bits per heavy atom. The lowest BCUT2D eigenvalue weighted by atomic mass is 10.1. The highest BCUT2D eigenvalue weighted by atomic mass is 16.5. The van der Waals surface area contributed by atoms with Crippen LogP contribution in [0.1, 0.15) is 47.1 Å². The van der Waals surface area contributed by atoms with Gasteiger partial charge >= 0.3 is 5.97 Å². The van der Waals surface area contributed by atoms with Crippen molar-refractivity contribution in [3.05, 3.63) is 77.0 Å². The number of hydrogen-bond acceptors (Lipinski definition) is 5. The zero-order chi connectivity index (χ0) is 20.8. The Labute approximate surface area is 169 Å². The highest BCUT2D eigenvalue weighted by Gasteiger charge is 2.23. The van der Waals surface area contributed by atoms with Gasteiger partial charge in [-0.1, -0.05) is 66.7 Å². The van der Waals surface area contributed by atoms with Crippen molar-refractivity contribution in [1.29, 1.82) is 0 Å². The molecule has 2 aromatic carbocycles. The van der Waals surface area contributed by atoms with Crippen molar-refractivity contribution < 1.29 is 18.8 Å². The molecule has 0 saturated carbocycles. The first-order chi connectivity index (χ1) is 14.0. The molecule has 0 radical (unpaired) electrons. The number of aryl methyl sites for hydroxylation is 2. The first kappa shape index (κ1) is 20.3. The van der Waals surface area contributed by atoms with E-state index >= 15 is 0 Å². The summed E-state index contributed by atoms with van der Waals surface area (Å²) in [6.07, 6.45) is 0.963. The van der Waals surface area contributed by atoms with E-state index in [9.17, 15) is 9.59 Å². The molecule has 6 heteroatoms. The highest BCUT2D eigenvalue weighted by Crippen LogP contribution is 2.25. The molecule has 0 aliphatic heterocycles. The molecule has 150 valence electrons. The molecule has 1 N–H and O–H groups in total. The summed E-state index contributed by atoms with van der Waals surface area (Å²) in [7, 11) is 0. The SMILES string of the molecule is CCc1ccc([C@@H](C)NC(=O)COC(=O)c2c(-c3ccccc3)noc2C)cc1. The maximum atomic E-state index is 12.5. The van der Waals surface area contributed by atoms with Crippen LogP contribution in [0, 0.1) is 6.92 Å². The summed E-state index contributed by atoms with van der Waals surface area (Å²) in [6, 6.07) is 17.1. The fourth-order valence-corrected chi connectivity index (χ4v) is 3.02. The number of carbonyl (C=O) groups is 2. The summed E-state index contributed by atoms with van der Waals surface area (Å²) in [5, 5.41) is 6.80. The van der Waals surface area contributed by atoms with Gasteiger partial charge in [0, 0.05) is 5.56 Å². The lowest BCUT2D eigenvalue weighted by Gasteiger charge is -2.15. The van der Waals surface area contributed by atoms with Crippen LogP contribution in [0.3, 0.4) is 0 Å². The largest absolute Gasteiger partial charge is 0.452 e. The van der Waals surface area contributed by atoms with Gasteiger partial charge in [-0.15, -0.1) is 0 Å². The molecule has 6 nitrogen and oxygen atoms in total. The lowest BCUT2D eigenvalue weighted by Crippen LogP contribution is -2.31. The fourth-order valence-electron chi connectivity index (χ4n) is 3.02. The van der Waals surface area contributed by atoms with Crippen molar-refractivity contribution in [1.82, 2.24) is 10.5 Å². The minimum absolute atomic E-state index is 0.190. The van der Waals surface area contributed by atoms with E-state index in [2.05, 4.69) is 17.4 Å². The van der Waals surface area contributed by atoms with Gasteiger partial charge in [0.2, 0.25) is 0 Å². The topological polar surface area (TPSA) is 81.4 Å². The van der Waals surface area contributed by atoms with E-state index in [1.54, 1.807) is 6.92 Å². The Morgan fingerprint density at radius 1 is 1.10 bits per heavy atom. The Morgan fingerprint density at radius 3 is 2.45 bits per heavy atom. The van der Waals surface area contributed by atoms with Gasteiger partial charge in [-0.2, -0.15) is 0 Å². The third-order valence-corrected chi connectivity index (χ3v) is 4.71. The Balaban J connectivity index is 1.61. The molecule has 1 aromatic heterocycles. The summed E-state index contributed by atoms with van der Waals surface area (Å²) in [6.45, 7) is 5.24. The van der Waals surface area contributed by atoms with Crippen LogP contribution in [0.25, 0.3) is 11.3 Å². The van der Waals surface area contributed by atoms with E-state index in [1.807, 2.05) is 61.5 Å². The quantitative estimate of drug-likeness (QED) is 0.608. The Hall–Kier alpha value is -3.41. The van der Waals surface area contributed by atoms with Gasteiger partial charge in [0.15, 0.2) is 6.61 Å². The number of hydrogen-bond donors (Lipinski definition) is 1. The molecular formula is C23H24N2O4. The fraction of sp³-hybridized carbons (Fsp3) is 0.261. The van der Waals surface area contributed by atoms with E-state index < -0.39 is 5.97 Å². The molecule has 0 aliphatic carbocycles. The van der Waals surface area contributed by atoms with Crippen LogP contribution >= 0.6 is 0 Å². The average Bonchev–Trinajstić information content (AvgIpc) is 3.14. The zero-order valence-electron chi connectivity index (χ0n) is 16.8. The molecule has 1 atom stereocenters. The molecule has 29 heavy (non-hydrogen) atoms. The third-order valence-electron chi connectivity index (χ3n) is 4.71. The molecule has 0 saturated heterocycles. The first-order valence-corrected chi connectivity index (χ1v) is 9.56. The van der Waals surface area contributed by atoms with E-state index in [-0.39, 0.29) is 24.1 Å². The van der Waals surface area contributed by atoms with Crippen molar-refractivity contribution in [2.45, 2.75) is 33.2 Å². The molecular weight excluding hydrogens is 368 g/mol. The molecule has 3 aromatic rings. The number of ether oxygens (including phenoxy) is 1. The average molecular weight is 392 g/mol. The Kier molecular flexibility index (Phi) is 6.44. The molecule has 3 rings (SSSR count). The van der Waals surface area contributed by atoms with Gasteiger partial charge in [0.05, 0.1) is 6.04 Å². The Bertz CT molecular complexity index is 978. The van der Waals surface area contributed by atoms with Crippen LogP contribution in [0.2, 0.25) is 0 Å². The molecule has 1 amide bonds. The van der Waals surface area contributed by atoms with Crippen molar-refractivity contribution >= 4 is 11.9 Å².